The molecular formula is C17H26O2. The topological polar surface area (TPSA) is 26.3 Å². The van der Waals surface area contributed by atoms with Crippen molar-refractivity contribution in [1.82, 2.24) is 0 Å². The first-order valence-electron chi connectivity index (χ1n) is 7.17. The molecule has 106 valence electrons. The van der Waals surface area contributed by atoms with Crippen molar-refractivity contribution in [2.45, 2.75) is 40.5 Å². The Bertz CT molecular complexity index is 384. The van der Waals surface area contributed by atoms with Gasteiger partial charge in [0.2, 0.25) is 0 Å². The fraction of sp³-hybridized carbons (Fsp3) is 0.588. The van der Waals surface area contributed by atoms with Crippen LogP contribution in [0.1, 0.15) is 50.9 Å². The quantitative estimate of drug-likeness (QED) is 0.651. The van der Waals surface area contributed by atoms with Gasteiger partial charge in [-0.05, 0) is 25.7 Å². The Morgan fingerprint density at radius 3 is 2.42 bits per heavy atom. The van der Waals surface area contributed by atoms with Crippen LogP contribution in [0.5, 0.6) is 0 Å². The van der Waals surface area contributed by atoms with E-state index in [0.717, 1.165) is 18.4 Å². The smallest absolute Gasteiger partial charge is 0.171 e. The van der Waals surface area contributed by atoms with E-state index in [4.69, 9.17) is 4.74 Å². The van der Waals surface area contributed by atoms with Gasteiger partial charge in [0.15, 0.2) is 5.78 Å². The second-order valence-electron chi connectivity index (χ2n) is 5.83. The molecule has 0 fully saturated rings. The van der Waals surface area contributed by atoms with Crippen LogP contribution >= 0.6 is 0 Å². The van der Waals surface area contributed by atoms with Gasteiger partial charge in [-0.25, -0.2) is 0 Å². The Labute approximate surface area is 117 Å². The van der Waals surface area contributed by atoms with Crippen LogP contribution in [0.15, 0.2) is 30.3 Å². The Morgan fingerprint density at radius 2 is 1.89 bits per heavy atom. The summed E-state index contributed by atoms with van der Waals surface area (Å²) in [6.07, 6.45) is 1.92. The molecule has 19 heavy (non-hydrogen) atoms. The van der Waals surface area contributed by atoms with Crippen LogP contribution in [0.2, 0.25) is 0 Å². The molecule has 0 aliphatic heterocycles. The monoisotopic (exact) mass is 262 g/mol. The summed E-state index contributed by atoms with van der Waals surface area (Å²) in [7, 11) is 0. The molecule has 1 unspecified atom stereocenters. The molecule has 0 saturated carbocycles. The van der Waals surface area contributed by atoms with Gasteiger partial charge in [0.25, 0.3) is 0 Å². The lowest BCUT2D eigenvalue weighted by Crippen LogP contribution is -2.33. The Kier molecular flexibility index (Phi) is 6.23. The zero-order valence-electron chi connectivity index (χ0n) is 12.6. The maximum Gasteiger partial charge on any atom is 0.171 e. The van der Waals surface area contributed by atoms with E-state index in [0.29, 0.717) is 19.1 Å². The molecule has 0 aliphatic rings. The number of ether oxygens (including phenoxy) is 1. The average molecular weight is 262 g/mol. The number of carbonyl (C=O) groups is 1. The van der Waals surface area contributed by atoms with Gasteiger partial charge < -0.3 is 4.74 Å². The fourth-order valence-electron chi connectivity index (χ4n) is 2.12. The first kappa shape index (κ1) is 15.9. The minimum atomic E-state index is -0.415. The van der Waals surface area contributed by atoms with E-state index in [1.807, 2.05) is 44.2 Å². The Morgan fingerprint density at radius 1 is 1.26 bits per heavy atom. The van der Waals surface area contributed by atoms with Crippen molar-refractivity contribution in [2.24, 2.45) is 11.3 Å². The van der Waals surface area contributed by atoms with E-state index in [9.17, 15) is 4.79 Å². The predicted molar refractivity (Wildman–Crippen MR) is 79.4 cm³/mol. The number of hydrogen-bond acceptors (Lipinski definition) is 2. The molecule has 0 spiro atoms. The average Bonchev–Trinajstić information content (AvgIpc) is 2.43. The third-order valence-corrected chi connectivity index (χ3v) is 3.48. The van der Waals surface area contributed by atoms with Crippen molar-refractivity contribution in [2.75, 3.05) is 13.2 Å². The van der Waals surface area contributed by atoms with Crippen molar-refractivity contribution in [1.29, 1.82) is 0 Å². The lowest BCUT2D eigenvalue weighted by atomic mass is 9.77. The SMILES string of the molecule is CCOCC(C)(CCC(C)C)C(=O)c1ccccc1. The number of Topliss-reactive ketones (excluding diaryl/α,β-unsaturated/α-hetero) is 1. The molecule has 0 radical (unpaired) electrons. The highest BCUT2D eigenvalue weighted by Gasteiger charge is 2.33. The van der Waals surface area contributed by atoms with Crippen molar-refractivity contribution in [3.8, 4) is 0 Å². The van der Waals surface area contributed by atoms with Gasteiger partial charge in [0.1, 0.15) is 0 Å². The van der Waals surface area contributed by atoms with E-state index >= 15 is 0 Å². The number of ketones is 1. The second kappa shape index (κ2) is 7.44. The van der Waals surface area contributed by atoms with Crippen LogP contribution < -0.4 is 0 Å². The summed E-state index contributed by atoms with van der Waals surface area (Å²) in [6.45, 7) is 9.53. The normalized spacial score (nSPS) is 14.4. The molecule has 0 N–H and O–H groups in total. The minimum absolute atomic E-state index is 0.196. The maximum atomic E-state index is 12.7. The molecule has 0 bridgehead atoms. The summed E-state index contributed by atoms with van der Waals surface area (Å²) < 4.78 is 5.55. The molecule has 0 aromatic heterocycles. The molecule has 1 rings (SSSR count). The van der Waals surface area contributed by atoms with Gasteiger partial charge in [-0.2, -0.15) is 0 Å². The largest absolute Gasteiger partial charge is 0.381 e. The molecule has 0 aliphatic carbocycles. The van der Waals surface area contributed by atoms with E-state index < -0.39 is 5.41 Å². The maximum absolute atomic E-state index is 12.7. The first-order chi connectivity index (χ1) is 8.99. The van der Waals surface area contributed by atoms with Crippen LogP contribution in [-0.2, 0) is 4.74 Å². The number of carbonyl (C=O) groups excluding carboxylic acids is 1. The van der Waals surface area contributed by atoms with E-state index in [-0.39, 0.29) is 5.78 Å². The Balaban J connectivity index is 2.85. The van der Waals surface area contributed by atoms with Crippen molar-refractivity contribution in [3.05, 3.63) is 35.9 Å². The van der Waals surface area contributed by atoms with E-state index in [2.05, 4.69) is 13.8 Å². The van der Waals surface area contributed by atoms with Crippen LogP contribution in [0.3, 0.4) is 0 Å². The summed E-state index contributed by atoms with van der Waals surface area (Å²) in [4.78, 5) is 12.7. The molecule has 1 atom stereocenters. The molecule has 0 saturated heterocycles. The highest BCUT2D eigenvalue weighted by Crippen LogP contribution is 2.30. The molecule has 2 nitrogen and oxygen atoms in total. The molecule has 0 heterocycles. The van der Waals surface area contributed by atoms with E-state index in [1.54, 1.807) is 0 Å². The summed E-state index contributed by atoms with van der Waals surface area (Å²) in [5.74, 6) is 0.798. The minimum Gasteiger partial charge on any atom is -0.381 e. The predicted octanol–water partition coefficient (Wildman–Crippen LogP) is 4.35. The van der Waals surface area contributed by atoms with Crippen molar-refractivity contribution in [3.63, 3.8) is 0 Å². The number of hydrogen-bond donors (Lipinski definition) is 0. The van der Waals surface area contributed by atoms with Crippen molar-refractivity contribution < 1.29 is 9.53 Å². The van der Waals surface area contributed by atoms with Gasteiger partial charge in [-0.15, -0.1) is 0 Å². The second-order valence-corrected chi connectivity index (χ2v) is 5.83. The molecule has 1 aromatic carbocycles. The van der Waals surface area contributed by atoms with Crippen LogP contribution in [-0.4, -0.2) is 19.0 Å². The zero-order chi connectivity index (χ0) is 14.3. The molecule has 0 amide bonds. The summed E-state index contributed by atoms with van der Waals surface area (Å²) in [5, 5.41) is 0. The van der Waals surface area contributed by atoms with Gasteiger partial charge in [0.05, 0.1) is 12.0 Å². The molecule has 1 aromatic rings. The molecule has 2 heteroatoms. The fourth-order valence-corrected chi connectivity index (χ4v) is 2.12. The first-order valence-corrected chi connectivity index (χ1v) is 7.17. The number of benzene rings is 1. The summed E-state index contributed by atoms with van der Waals surface area (Å²) in [5.41, 5.74) is 0.371. The molecular weight excluding hydrogens is 236 g/mol. The number of rotatable bonds is 8. The lowest BCUT2D eigenvalue weighted by molar-refractivity contribution is 0.0414. The highest BCUT2D eigenvalue weighted by atomic mass is 16.5. The third kappa shape index (κ3) is 4.79. The van der Waals surface area contributed by atoms with Crippen LogP contribution in [0.25, 0.3) is 0 Å². The van der Waals surface area contributed by atoms with Gasteiger partial charge in [-0.1, -0.05) is 51.1 Å². The van der Waals surface area contributed by atoms with Gasteiger partial charge in [0, 0.05) is 12.2 Å². The van der Waals surface area contributed by atoms with Crippen LogP contribution in [0, 0.1) is 11.3 Å². The Hall–Kier alpha value is -1.15. The van der Waals surface area contributed by atoms with Crippen LogP contribution in [0.4, 0.5) is 0 Å². The van der Waals surface area contributed by atoms with Gasteiger partial charge in [-0.3, -0.25) is 4.79 Å². The summed E-state index contributed by atoms with van der Waals surface area (Å²) >= 11 is 0. The highest BCUT2D eigenvalue weighted by molar-refractivity contribution is 6.00. The zero-order valence-corrected chi connectivity index (χ0v) is 12.6. The third-order valence-electron chi connectivity index (χ3n) is 3.48. The standard InChI is InChI=1S/C17H26O2/c1-5-19-13-17(4,12-11-14(2)3)16(18)15-9-7-6-8-10-15/h6-10,14H,5,11-13H2,1-4H3. The summed E-state index contributed by atoms with van der Waals surface area (Å²) in [6, 6.07) is 9.54. The van der Waals surface area contributed by atoms with Gasteiger partial charge >= 0.3 is 0 Å². The van der Waals surface area contributed by atoms with Crippen molar-refractivity contribution >= 4 is 5.78 Å². The lowest BCUT2D eigenvalue weighted by Gasteiger charge is -2.28. The van der Waals surface area contributed by atoms with E-state index in [1.165, 1.54) is 0 Å².